The van der Waals surface area contributed by atoms with E-state index in [1.807, 2.05) is 18.2 Å². The lowest BCUT2D eigenvalue weighted by Gasteiger charge is -2.43. The van der Waals surface area contributed by atoms with Gasteiger partial charge in [0.05, 0.1) is 36.2 Å². The zero-order valence-electron chi connectivity index (χ0n) is 18.8. The summed E-state index contributed by atoms with van der Waals surface area (Å²) in [6, 6.07) is 7.95. The molecule has 2 aliphatic rings. The monoisotopic (exact) mass is 471 g/mol. The summed E-state index contributed by atoms with van der Waals surface area (Å²) < 4.78 is 11.3. The largest absolute Gasteiger partial charge is 0.380 e. The first-order valence-corrected chi connectivity index (χ1v) is 11.6. The van der Waals surface area contributed by atoms with Gasteiger partial charge in [0.1, 0.15) is 0 Å². The summed E-state index contributed by atoms with van der Waals surface area (Å²) >= 11 is 6.43. The third-order valence-electron chi connectivity index (χ3n) is 6.24. The van der Waals surface area contributed by atoms with Crippen molar-refractivity contribution in [1.29, 1.82) is 0 Å². The number of carbonyl (C=O) groups is 1. The number of amides is 1. The van der Waals surface area contributed by atoms with Crippen LogP contribution in [0.3, 0.4) is 0 Å². The van der Waals surface area contributed by atoms with E-state index in [1.54, 1.807) is 19.4 Å². The van der Waals surface area contributed by atoms with Gasteiger partial charge in [-0.1, -0.05) is 30.3 Å². The highest BCUT2D eigenvalue weighted by molar-refractivity contribution is 6.32. The molecule has 2 N–H and O–H groups in total. The van der Waals surface area contributed by atoms with E-state index >= 15 is 0 Å². The molecular formula is C24H30ClN5O3. The number of carbonyl (C=O) groups excluding carboxylic acids is 1. The first kappa shape index (κ1) is 23.6. The van der Waals surface area contributed by atoms with Gasteiger partial charge in [0, 0.05) is 43.5 Å². The number of ether oxygens (including phenoxy) is 2. The van der Waals surface area contributed by atoms with Crippen molar-refractivity contribution < 1.29 is 14.3 Å². The van der Waals surface area contributed by atoms with Crippen molar-refractivity contribution in [2.75, 3.05) is 44.0 Å². The van der Waals surface area contributed by atoms with Crippen molar-refractivity contribution in [3.05, 3.63) is 48.1 Å². The topological polar surface area (TPSA) is 88.6 Å². The minimum Gasteiger partial charge on any atom is -0.380 e. The standard InChI is InChI=1S/C24H30ClN5O3/c1-3-22(31)27-17-6-4-5-16(13-17)23-19(25)15-26-24(29-23)28-18-7-8-21(32-2)20(14-18)30-9-11-33-12-10-30/h3-6,13,15,18,20-21H,1,7-12,14H2,2H3,(H,27,31)(H,26,28,29). The number of hydrogen-bond donors (Lipinski definition) is 2. The molecular weight excluding hydrogens is 442 g/mol. The van der Waals surface area contributed by atoms with Crippen molar-refractivity contribution in [1.82, 2.24) is 14.9 Å². The number of nitrogens with zero attached hydrogens (tertiary/aromatic N) is 3. The fourth-order valence-corrected chi connectivity index (χ4v) is 4.78. The van der Waals surface area contributed by atoms with Crippen molar-refractivity contribution in [2.45, 2.75) is 37.5 Å². The van der Waals surface area contributed by atoms with Gasteiger partial charge in [0.25, 0.3) is 0 Å². The Morgan fingerprint density at radius 2 is 2.15 bits per heavy atom. The molecule has 1 saturated carbocycles. The molecule has 1 aliphatic heterocycles. The molecule has 0 bridgehead atoms. The van der Waals surface area contributed by atoms with Crippen LogP contribution in [0.15, 0.2) is 43.1 Å². The van der Waals surface area contributed by atoms with Gasteiger partial charge < -0.3 is 20.1 Å². The van der Waals surface area contributed by atoms with Crippen molar-refractivity contribution >= 4 is 29.1 Å². The van der Waals surface area contributed by atoms with Crippen LogP contribution in [0.5, 0.6) is 0 Å². The van der Waals surface area contributed by atoms with Crippen molar-refractivity contribution in [2.24, 2.45) is 0 Å². The number of methoxy groups -OCH3 is 1. The molecule has 0 radical (unpaired) electrons. The Hall–Kier alpha value is -2.52. The van der Waals surface area contributed by atoms with Crippen LogP contribution in [0.1, 0.15) is 19.3 Å². The Kier molecular flexibility index (Phi) is 7.93. The molecule has 2 heterocycles. The summed E-state index contributed by atoms with van der Waals surface area (Å²) in [7, 11) is 1.80. The van der Waals surface area contributed by atoms with Crippen LogP contribution >= 0.6 is 11.6 Å². The SMILES string of the molecule is C=CC(=O)Nc1cccc(-c2nc(NC3CCC(OC)C(N4CCOCC4)C3)ncc2Cl)c1. The van der Waals surface area contributed by atoms with E-state index < -0.39 is 0 Å². The molecule has 9 heteroatoms. The Morgan fingerprint density at radius 3 is 2.91 bits per heavy atom. The van der Waals surface area contributed by atoms with E-state index in [9.17, 15) is 4.79 Å². The summed E-state index contributed by atoms with van der Waals surface area (Å²) in [6.45, 7) is 6.87. The Labute approximate surface area is 199 Å². The lowest BCUT2D eigenvalue weighted by molar-refractivity contribution is -0.111. The molecule has 1 aromatic heterocycles. The van der Waals surface area contributed by atoms with Crippen LogP contribution in [-0.2, 0) is 14.3 Å². The first-order chi connectivity index (χ1) is 16.1. The molecule has 176 valence electrons. The van der Waals surface area contributed by atoms with Gasteiger partial charge in [-0.15, -0.1) is 0 Å². The maximum atomic E-state index is 11.6. The quantitative estimate of drug-likeness (QED) is 0.596. The number of hydrogen-bond acceptors (Lipinski definition) is 7. The van der Waals surface area contributed by atoms with E-state index in [-0.39, 0.29) is 18.1 Å². The fourth-order valence-electron chi connectivity index (χ4n) is 4.58. The van der Waals surface area contributed by atoms with Crippen molar-refractivity contribution in [3.63, 3.8) is 0 Å². The first-order valence-electron chi connectivity index (χ1n) is 11.2. The number of benzene rings is 1. The normalized spacial score (nSPS) is 23.6. The van der Waals surface area contributed by atoms with Gasteiger partial charge in [-0.05, 0) is 37.5 Å². The highest BCUT2D eigenvalue weighted by Gasteiger charge is 2.35. The zero-order valence-corrected chi connectivity index (χ0v) is 19.6. The minimum atomic E-state index is -0.273. The van der Waals surface area contributed by atoms with E-state index in [0.29, 0.717) is 28.4 Å². The maximum absolute atomic E-state index is 11.6. The second-order valence-corrected chi connectivity index (χ2v) is 8.72. The van der Waals surface area contributed by atoms with Crippen LogP contribution < -0.4 is 10.6 Å². The molecule has 2 aromatic rings. The minimum absolute atomic E-state index is 0.219. The molecule has 3 atom stereocenters. The Bertz CT molecular complexity index is 982. The number of anilines is 2. The van der Waals surface area contributed by atoms with Crippen molar-refractivity contribution in [3.8, 4) is 11.3 Å². The van der Waals surface area contributed by atoms with E-state index in [0.717, 1.165) is 51.1 Å². The third kappa shape index (κ3) is 5.89. The smallest absolute Gasteiger partial charge is 0.247 e. The fraction of sp³-hybridized carbons (Fsp3) is 0.458. The Morgan fingerprint density at radius 1 is 1.33 bits per heavy atom. The summed E-state index contributed by atoms with van der Waals surface area (Å²) in [5.74, 6) is 0.265. The van der Waals surface area contributed by atoms with Gasteiger partial charge in [-0.3, -0.25) is 9.69 Å². The van der Waals surface area contributed by atoms with Crippen LogP contribution in [0.25, 0.3) is 11.3 Å². The zero-order chi connectivity index (χ0) is 23.2. The number of morpholine rings is 1. The molecule has 1 saturated heterocycles. The van der Waals surface area contributed by atoms with E-state index in [4.69, 9.17) is 26.1 Å². The summed E-state index contributed by atoms with van der Waals surface area (Å²) in [5, 5.41) is 6.72. The number of aromatic nitrogens is 2. The molecule has 33 heavy (non-hydrogen) atoms. The molecule has 1 amide bonds. The summed E-state index contributed by atoms with van der Waals surface area (Å²) in [4.78, 5) is 23.2. The predicted molar refractivity (Wildman–Crippen MR) is 130 cm³/mol. The van der Waals surface area contributed by atoms with Gasteiger partial charge in [0.2, 0.25) is 11.9 Å². The molecule has 8 nitrogen and oxygen atoms in total. The van der Waals surface area contributed by atoms with Crippen LogP contribution in [-0.4, -0.2) is 72.4 Å². The molecule has 1 aromatic carbocycles. The average Bonchev–Trinajstić information content (AvgIpc) is 2.85. The van der Waals surface area contributed by atoms with Gasteiger partial charge in [-0.2, -0.15) is 0 Å². The summed E-state index contributed by atoms with van der Waals surface area (Å²) in [6.07, 6.45) is 5.96. The molecule has 4 rings (SSSR count). The highest BCUT2D eigenvalue weighted by Crippen LogP contribution is 2.31. The maximum Gasteiger partial charge on any atom is 0.247 e. The molecule has 2 fully saturated rings. The molecule has 1 aliphatic carbocycles. The predicted octanol–water partition coefficient (Wildman–Crippen LogP) is 3.60. The lowest BCUT2D eigenvalue weighted by atomic mass is 9.87. The average molecular weight is 472 g/mol. The Balaban J connectivity index is 1.49. The van der Waals surface area contributed by atoms with Gasteiger partial charge >= 0.3 is 0 Å². The van der Waals surface area contributed by atoms with Crippen LogP contribution in [0, 0.1) is 0 Å². The van der Waals surface area contributed by atoms with Gasteiger partial charge in [-0.25, -0.2) is 9.97 Å². The third-order valence-corrected chi connectivity index (χ3v) is 6.52. The van der Waals surface area contributed by atoms with E-state index in [2.05, 4.69) is 27.1 Å². The number of rotatable bonds is 7. The van der Waals surface area contributed by atoms with Crippen LogP contribution in [0.2, 0.25) is 5.02 Å². The number of nitrogens with one attached hydrogen (secondary N) is 2. The molecule has 3 unspecified atom stereocenters. The van der Waals surface area contributed by atoms with E-state index in [1.165, 1.54) is 6.08 Å². The summed E-state index contributed by atoms with van der Waals surface area (Å²) in [5.41, 5.74) is 2.05. The van der Waals surface area contributed by atoms with Gasteiger partial charge in [0.15, 0.2) is 0 Å². The number of halogens is 1. The molecule has 0 spiro atoms. The second kappa shape index (κ2) is 11.1. The highest BCUT2D eigenvalue weighted by atomic mass is 35.5. The second-order valence-electron chi connectivity index (χ2n) is 8.31. The lowest BCUT2D eigenvalue weighted by Crippen LogP contribution is -2.54. The van der Waals surface area contributed by atoms with Crippen LogP contribution in [0.4, 0.5) is 11.6 Å².